The van der Waals surface area contributed by atoms with Crippen molar-refractivity contribution < 1.29 is 4.79 Å². The van der Waals surface area contributed by atoms with Crippen LogP contribution in [-0.4, -0.2) is 35.6 Å². The first-order valence-corrected chi connectivity index (χ1v) is 5.60. The van der Waals surface area contributed by atoms with E-state index in [2.05, 4.69) is 20.2 Å². The topological polar surface area (TPSA) is 78.5 Å². The smallest absolute Gasteiger partial charge is 0.243 e. The second-order valence-electron chi connectivity index (χ2n) is 3.58. The van der Waals surface area contributed by atoms with Gasteiger partial charge < -0.3 is 0 Å². The van der Waals surface area contributed by atoms with E-state index >= 15 is 0 Å². The number of carbonyl (C=O) groups is 1. The molecule has 2 rings (SSSR count). The lowest BCUT2D eigenvalue weighted by Crippen LogP contribution is -2.23. The quantitative estimate of drug-likeness (QED) is 0.788. The van der Waals surface area contributed by atoms with Crippen LogP contribution in [-0.2, 0) is 12.8 Å². The number of rotatable bonds is 3. The summed E-state index contributed by atoms with van der Waals surface area (Å²) in [5, 5.41) is 7.98. The van der Waals surface area contributed by atoms with Crippen molar-refractivity contribution in [2.75, 3.05) is 0 Å². The van der Waals surface area contributed by atoms with Crippen molar-refractivity contribution in [3.63, 3.8) is 0 Å². The average molecular weight is 234 g/mol. The van der Waals surface area contributed by atoms with Crippen LogP contribution >= 0.6 is 0 Å². The van der Waals surface area contributed by atoms with Crippen LogP contribution in [0.15, 0.2) is 12.7 Å². The fraction of sp³-hybridized carbons (Fsp3) is 0.500. The molecule has 17 heavy (non-hydrogen) atoms. The van der Waals surface area contributed by atoms with Crippen molar-refractivity contribution in [1.82, 2.24) is 29.5 Å². The fourth-order valence-electron chi connectivity index (χ4n) is 1.51. The average Bonchev–Trinajstić information content (AvgIpc) is 2.97. The first-order chi connectivity index (χ1) is 8.26. The molecule has 2 heterocycles. The normalized spacial score (nSPS) is 10.7. The molecule has 0 amide bonds. The molecule has 7 nitrogen and oxygen atoms in total. The molecule has 0 atom stereocenters. The van der Waals surface area contributed by atoms with Crippen molar-refractivity contribution in [1.29, 1.82) is 0 Å². The zero-order valence-electron chi connectivity index (χ0n) is 9.87. The van der Waals surface area contributed by atoms with Crippen LogP contribution in [0.5, 0.6) is 0 Å². The fourth-order valence-corrected chi connectivity index (χ4v) is 1.51. The zero-order valence-corrected chi connectivity index (χ0v) is 9.87. The Bertz CT molecular complexity index is 501. The number of aromatic nitrogens is 6. The standard InChI is InChI=1S/C10H14N6O/c1-3-5-8-13-9(4-2)16(14-8)10(17)15-7-11-6-12-15/h6-7H,3-5H2,1-2H3. The number of nitrogens with zero attached hydrogens (tertiary/aromatic N) is 6. The summed E-state index contributed by atoms with van der Waals surface area (Å²) in [4.78, 5) is 20.1. The van der Waals surface area contributed by atoms with Gasteiger partial charge in [-0.2, -0.15) is 14.5 Å². The van der Waals surface area contributed by atoms with Gasteiger partial charge in [0.25, 0.3) is 0 Å². The molecule has 2 aromatic heterocycles. The van der Waals surface area contributed by atoms with Gasteiger partial charge in [-0.1, -0.05) is 13.8 Å². The summed E-state index contributed by atoms with van der Waals surface area (Å²) in [7, 11) is 0. The number of aryl methyl sites for hydroxylation is 2. The van der Waals surface area contributed by atoms with Gasteiger partial charge in [-0.25, -0.2) is 14.8 Å². The largest absolute Gasteiger partial charge is 0.372 e. The summed E-state index contributed by atoms with van der Waals surface area (Å²) in [5.74, 6) is 1.34. The van der Waals surface area contributed by atoms with Gasteiger partial charge in [0, 0.05) is 12.8 Å². The van der Waals surface area contributed by atoms with E-state index < -0.39 is 0 Å². The minimum atomic E-state index is -0.353. The van der Waals surface area contributed by atoms with Crippen molar-refractivity contribution >= 4 is 6.03 Å². The third-order valence-corrected chi connectivity index (χ3v) is 2.30. The second-order valence-corrected chi connectivity index (χ2v) is 3.58. The molecular weight excluding hydrogens is 220 g/mol. The lowest BCUT2D eigenvalue weighted by atomic mass is 10.3. The van der Waals surface area contributed by atoms with Gasteiger partial charge in [0.1, 0.15) is 18.5 Å². The monoisotopic (exact) mass is 234 g/mol. The summed E-state index contributed by atoms with van der Waals surface area (Å²) in [5.41, 5.74) is 0. The number of hydrogen-bond acceptors (Lipinski definition) is 5. The maximum atomic E-state index is 12.0. The van der Waals surface area contributed by atoms with E-state index in [4.69, 9.17) is 0 Å². The minimum absolute atomic E-state index is 0.353. The zero-order chi connectivity index (χ0) is 12.3. The molecule has 0 N–H and O–H groups in total. The molecule has 90 valence electrons. The third-order valence-electron chi connectivity index (χ3n) is 2.30. The summed E-state index contributed by atoms with van der Waals surface area (Å²) < 4.78 is 2.43. The molecule has 0 saturated carbocycles. The summed E-state index contributed by atoms with van der Waals surface area (Å²) in [6, 6.07) is -0.353. The van der Waals surface area contributed by atoms with Gasteiger partial charge in [-0.15, -0.1) is 5.10 Å². The maximum Gasteiger partial charge on any atom is 0.372 e. The predicted octanol–water partition coefficient (Wildman–Crippen LogP) is 0.901. The van der Waals surface area contributed by atoms with Crippen molar-refractivity contribution in [2.45, 2.75) is 33.1 Å². The van der Waals surface area contributed by atoms with E-state index in [0.717, 1.165) is 17.5 Å². The minimum Gasteiger partial charge on any atom is -0.243 e. The highest BCUT2D eigenvalue weighted by atomic mass is 16.2. The highest BCUT2D eigenvalue weighted by Crippen LogP contribution is 2.03. The molecule has 2 aromatic rings. The molecule has 0 radical (unpaired) electrons. The van der Waals surface area contributed by atoms with Gasteiger partial charge in [0.2, 0.25) is 0 Å². The van der Waals surface area contributed by atoms with Crippen LogP contribution in [0.4, 0.5) is 4.79 Å². The van der Waals surface area contributed by atoms with Crippen molar-refractivity contribution in [3.8, 4) is 0 Å². The molecule has 0 bridgehead atoms. The first kappa shape index (κ1) is 11.4. The van der Waals surface area contributed by atoms with Gasteiger partial charge in [-0.3, -0.25) is 0 Å². The second kappa shape index (κ2) is 4.86. The Balaban J connectivity index is 2.34. The Morgan fingerprint density at radius 2 is 2.24 bits per heavy atom. The highest BCUT2D eigenvalue weighted by molar-refractivity contribution is 5.77. The lowest BCUT2D eigenvalue weighted by molar-refractivity contribution is 0.237. The molecular formula is C10H14N6O. The Labute approximate surface area is 98.5 Å². The van der Waals surface area contributed by atoms with Gasteiger partial charge in [0.05, 0.1) is 0 Å². The van der Waals surface area contributed by atoms with Crippen LogP contribution in [0.1, 0.15) is 31.9 Å². The van der Waals surface area contributed by atoms with Gasteiger partial charge in [0.15, 0.2) is 5.82 Å². The van der Waals surface area contributed by atoms with Gasteiger partial charge >= 0.3 is 6.03 Å². The van der Waals surface area contributed by atoms with Gasteiger partial charge in [-0.05, 0) is 6.42 Å². The Morgan fingerprint density at radius 3 is 2.82 bits per heavy atom. The molecule has 0 spiro atoms. The van der Waals surface area contributed by atoms with E-state index in [1.54, 1.807) is 0 Å². The SMILES string of the molecule is CCCc1nc(CC)n(C(=O)n2cncn2)n1. The molecule has 0 unspecified atom stereocenters. The van der Waals surface area contributed by atoms with E-state index in [1.807, 2.05) is 13.8 Å². The summed E-state index contributed by atoms with van der Waals surface area (Å²) in [6.45, 7) is 3.98. The highest BCUT2D eigenvalue weighted by Gasteiger charge is 2.16. The molecule has 0 fully saturated rings. The molecule has 0 aliphatic rings. The van der Waals surface area contributed by atoms with Crippen LogP contribution in [0.25, 0.3) is 0 Å². The van der Waals surface area contributed by atoms with Crippen LogP contribution < -0.4 is 0 Å². The maximum absolute atomic E-state index is 12.0. The number of hydrogen-bond donors (Lipinski definition) is 0. The van der Waals surface area contributed by atoms with Crippen LogP contribution in [0.2, 0.25) is 0 Å². The van der Waals surface area contributed by atoms with Crippen molar-refractivity contribution in [2.24, 2.45) is 0 Å². The summed E-state index contributed by atoms with van der Waals surface area (Å²) >= 11 is 0. The molecule has 7 heteroatoms. The van der Waals surface area contributed by atoms with E-state index in [1.165, 1.54) is 17.3 Å². The third kappa shape index (κ3) is 2.22. The van der Waals surface area contributed by atoms with E-state index in [-0.39, 0.29) is 6.03 Å². The molecule has 0 aromatic carbocycles. The Morgan fingerprint density at radius 1 is 1.41 bits per heavy atom. The van der Waals surface area contributed by atoms with Crippen LogP contribution in [0.3, 0.4) is 0 Å². The molecule has 0 aliphatic heterocycles. The predicted molar refractivity (Wildman–Crippen MR) is 59.6 cm³/mol. The van der Waals surface area contributed by atoms with Crippen molar-refractivity contribution in [3.05, 3.63) is 24.3 Å². The number of carbonyl (C=O) groups excluding carboxylic acids is 1. The molecule has 0 saturated heterocycles. The Hall–Kier alpha value is -2.05. The summed E-state index contributed by atoms with van der Waals surface area (Å²) in [6.07, 6.45) is 5.03. The first-order valence-electron chi connectivity index (χ1n) is 5.60. The van der Waals surface area contributed by atoms with E-state index in [0.29, 0.717) is 18.1 Å². The van der Waals surface area contributed by atoms with E-state index in [9.17, 15) is 4.79 Å². The molecule has 0 aliphatic carbocycles. The lowest BCUT2D eigenvalue weighted by Gasteiger charge is -2.00. The Kier molecular flexibility index (Phi) is 3.27. The van der Waals surface area contributed by atoms with Crippen LogP contribution in [0, 0.1) is 0 Å².